The number of hydrogen-bond acceptors (Lipinski definition) is 4. The fourth-order valence-electron chi connectivity index (χ4n) is 2.78. The molecule has 0 radical (unpaired) electrons. The summed E-state index contributed by atoms with van der Waals surface area (Å²) >= 11 is 0. The highest BCUT2D eigenvalue weighted by Crippen LogP contribution is 2.63. The Labute approximate surface area is 150 Å². The highest BCUT2D eigenvalue weighted by Gasteiger charge is 2.66. The fourth-order valence-corrected chi connectivity index (χ4v) is 13.1. The van der Waals surface area contributed by atoms with Gasteiger partial charge in [-0.1, -0.05) is 26.2 Å². The molecule has 1 fully saturated rings. The van der Waals surface area contributed by atoms with Gasteiger partial charge in [0, 0.05) is 0 Å². The first-order valence-electron chi connectivity index (χ1n) is 7.83. The summed E-state index contributed by atoms with van der Waals surface area (Å²) in [6.07, 6.45) is 2.40. The minimum atomic E-state index is -6.70. The molecule has 0 bridgehead atoms. The molecule has 0 aromatic heterocycles. The zero-order valence-electron chi connectivity index (χ0n) is 13.9. The largest absolute Gasteiger partial charge is 0.513 e. The van der Waals surface area contributed by atoms with Gasteiger partial charge >= 0.3 is 31.1 Å². The lowest BCUT2D eigenvalue weighted by Gasteiger charge is -2.44. The summed E-state index contributed by atoms with van der Waals surface area (Å²) in [5.41, 5.74) is -12.3. The van der Waals surface area contributed by atoms with Crippen LogP contribution in [0.1, 0.15) is 45.4 Å². The van der Waals surface area contributed by atoms with Gasteiger partial charge in [0.25, 0.3) is 0 Å². The maximum Gasteiger partial charge on any atom is 0.513 e. The van der Waals surface area contributed by atoms with Crippen LogP contribution in [-0.4, -0.2) is 48.2 Å². The number of nitrogens with zero attached hydrogens (tertiary/aromatic N) is 1. The smallest absolute Gasteiger partial charge is 0.201 e. The summed E-state index contributed by atoms with van der Waals surface area (Å²) in [6, 6.07) is 0. The van der Waals surface area contributed by atoms with Crippen LogP contribution < -0.4 is 0 Å². The van der Waals surface area contributed by atoms with Crippen molar-refractivity contribution >= 4 is 30.3 Å². The van der Waals surface area contributed by atoms with Gasteiger partial charge in [-0.3, -0.25) is 0 Å². The third-order valence-corrected chi connectivity index (χ3v) is 14.0. The van der Waals surface area contributed by atoms with E-state index in [4.69, 9.17) is 0 Å². The number of unbranched alkanes of at least 4 members (excludes halogenated alkanes) is 3. The first-order chi connectivity index (χ1) is 11.6. The van der Waals surface area contributed by atoms with Crippen molar-refractivity contribution < 1.29 is 43.2 Å². The normalized spacial score (nSPS) is 20.5. The van der Waals surface area contributed by atoms with E-state index in [0.717, 1.165) is 6.42 Å². The van der Waals surface area contributed by atoms with Crippen molar-refractivity contribution in [3.8, 4) is 0 Å². The number of alkyl halides is 6. The monoisotopic (exact) mass is 453 g/mol. The molecule has 26 heavy (non-hydrogen) atoms. The molecule has 158 valence electrons. The van der Waals surface area contributed by atoms with Gasteiger partial charge in [0.2, 0.25) is 0 Å². The Bertz CT molecular complexity index is 637. The molecule has 1 heterocycles. The summed E-state index contributed by atoms with van der Waals surface area (Å²) in [6.45, 7) is 1.84. The van der Waals surface area contributed by atoms with Crippen molar-refractivity contribution in [3.63, 3.8) is 0 Å². The molecule has 0 unspecified atom stereocenters. The molecular weight excluding hydrogens is 432 g/mol. The van der Waals surface area contributed by atoms with Crippen molar-refractivity contribution in [2.45, 2.75) is 56.5 Å². The molecule has 0 N–H and O–H groups in total. The lowest BCUT2D eigenvalue weighted by molar-refractivity contribution is -0.0505. The minimum Gasteiger partial charge on any atom is -0.201 e. The Morgan fingerprint density at radius 1 is 0.808 bits per heavy atom. The Hall–Kier alpha value is -0.210. The summed E-state index contributed by atoms with van der Waals surface area (Å²) in [5, 5.41) is 0. The zero-order chi connectivity index (χ0) is 20.4. The van der Waals surface area contributed by atoms with Crippen LogP contribution in [0.4, 0.5) is 26.3 Å². The molecule has 0 aromatic rings. The van der Waals surface area contributed by atoms with Crippen molar-refractivity contribution in [1.82, 2.24) is 3.12 Å². The van der Waals surface area contributed by atoms with Crippen molar-refractivity contribution in [1.29, 1.82) is 0 Å². The van der Waals surface area contributed by atoms with Crippen molar-refractivity contribution in [2.75, 3.05) is 17.3 Å². The Morgan fingerprint density at radius 2 is 1.23 bits per heavy atom. The van der Waals surface area contributed by atoms with E-state index >= 15 is 0 Å². The standard InChI is InChI=1S/C12H21F6NO4S3/c1-2-3-4-5-8-24(9-6-7-10-24)19(25(20,21)11(13,14)15)26(22,23)12(16,17)18/h2-10H2,1H3. The predicted octanol–water partition coefficient (Wildman–Crippen LogP) is 4.08. The van der Waals surface area contributed by atoms with Crippen LogP contribution in [0.3, 0.4) is 0 Å². The van der Waals surface area contributed by atoms with Crippen LogP contribution in [0.25, 0.3) is 0 Å². The van der Waals surface area contributed by atoms with Gasteiger partial charge in [0.1, 0.15) is 0 Å². The van der Waals surface area contributed by atoms with E-state index in [1.807, 2.05) is 6.92 Å². The molecule has 0 amide bonds. The molecule has 0 spiro atoms. The average Bonchev–Trinajstić information content (AvgIpc) is 2.90. The summed E-state index contributed by atoms with van der Waals surface area (Å²) in [7, 11) is -16.7. The van der Waals surface area contributed by atoms with Crippen LogP contribution in [0.2, 0.25) is 0 Å². The molecule has 0 saturated carbocycles. The van der Waals surface area contributed by atoms with E-state index in [-0.39, 0.29) is 36.5 Å². The molecule has 14 heteroatoms. The number of rotatable bonds is 8. The highest BCUT2D eigenvalue weighted by molar-refractivity contribution is 8.41. The molecule has 0 atom stereocenters. The molecule has 1 aliphatic rings. The maximum absolute atomic E-state index is 13.0. The van der Waals surface area contributed by atoms with E-state index in [2.05, 4.69) is 0 Å². The van der Waals surface area contributed by atoms with Crippen LogP contribution in [0.15, 0.2) is 0 Å². The topological polar surface area (TPSA) is 71.5 Å². The Balaban J connectivity index is 3.52. The fraction of sp³-hybridized carbons (Fsp3) is 1.00. The predicted molar refractivity (Wildman–Crippen MR) is 87.4 cm³/mol. The average molecular weight is 453 g/mol. The van der Waals surface area contributed by atoms with Gasteiger partial charge in [0.05, 0.1) is 0 Å². The highest BCUT2D eigenvalue weighted by atomic mass is 32.4. The van der Waals surface area contributed by atoms with Crippen LogP contribution >= 0.6 is 10.2 Å². The van der Waals surface area contributed by atoms with E-state index in [9.17, 15) is 43.2 Å². The third kappa shape index (κ3) is 4.61. The number of halogens is 6. The van der Waals surface area contributed by atoms with Gasteiger partial charge in [0.15, 0.2) is 0 Å². The van der Waals surface area contributed by atoms with Crippen LogP contribution in [0.5, 0.6) is 0 Å². The quantitative estimate of drug-likeness (QED) is 0.410. The zero-order valence-corrected chi connectivity index (χ0v) is 16.4. The van der Waals surface area contributed by atoms with Crippen LogP contribution in [-0.2, 0) is 20.0 Å². The maximum atomic E-state index is 13.0. The lowest BCUT2D eigenvalue weighted by atomic mass is 10.2. The first-order valence-corrected chi connectivity index (χ1v) is 12.8. The summed E-state index contributed by atoms with van der Waals surface area (Å²) in [4.78, 5) is 0. The Kier molecular flexibility index (Phi) is 7.36. The molecular formula is C12H21F6NO4S3. The van der Waals surface area contributed by atoms with E-state index in [1.165, 1.54) is 0 Å². The van der Waals surface area contributed by atoms with Gasteiger partial charge in [-0.05, 0) is 39.6 Å². The van der Waals surface area contributed by atoms with Gasteiger partial charge < -0.3 is 0 Å². The summed E-state index contributed by atoms with van der Waals surface area (Å²) in [5.74, 6) is -0.870. The molecule has 1 saturated heterocycles. The summed E-state index contributed by atoms with van der Waals surface area (Å²) < 4.78 is 124. The van der Waals surface area contributed by atoms with Crippen molar-refractivity contribution in [2.24, 2.45) is 0 Å². The molecule has 1 aliphatic heterocycles. The lowest BCUT2D eigenvalue weighted by Crippen LogP contribution is -2.51. The first kappa shape index (κ1) is 23.8. The number of hydrogen-bond donors (Lipinski definition) is 0. The second kappa shape index (κ2) is 8.03. The second-order valence-electron chi connectivity index (χ2n) is 5.95. The third-order valence-electron chi connectivity index (χ3n) is 3.97. The molecule has 5 nitrogen and oxygen atoms in total. The molecule has 0 aliphatic carbocycles. The van der Waals surface area contributed by atoms with E-state index in [0.29, 0.717) is 12.8 Å². The Morgan fingerprint density at radius 3 is 1.58 bits per heavy atom. The number of sulfonamides is 2. The van der Waals surface area contributed by atoms with Crippen molar-refractivity contribution in [3.05, 3.63) is 0 Å². The van der Waals surface area contributed by atoms with E-state index in [1.54, 1.807) is 0 Å². The molecule has 1 rings (SSSR count). The minimum absolute atomic E-state index is 0.167. The van der Waals surface area contributed by atoms with Gasteiger partial charge in [-0.15, -0.1) is 0 Å². The second-order valence-corrected chi connectivity index (χ2v) is 13.8. The van der Waals surface area contributed by atoms with E-state index < -0.39 is 44.4 Å². The SMILES string of the molecule is CCCCCCS1(N(S(=O)(=O)C(F)(F)F)S(=O)(=O)C(F)(F)F)CCCC1. The van der Waals surface area contributed by atoms with Gasteiger partial charge in [-0.25, -0.2) is 16.8 Å². The molecule has 0 aromatic carbocycles. The van der Waals surface area contributed by atoms with Gasteiger partial charge in [-0.2, -0.15) is 36.6 Å². The van der Waals surface area contributed by atoms with Crippen LogP contribution in [0, 0.1) is 0 Å².